The molecule has 2 saturated heterocycles. The van der Waals surface area contributed by atoms with Gasteiger partial charge < -0.3 is 10.2 Å². The summed E-state index contributed by atoms with van der Waals surface area (Å²) < 4.78 is 1.70. The van der Waals surface area contributed by atoms with Crippen LogP contribution in [0.3, 0.4) is 0 Å². The van der Waals surface area contributed by atoms with E-state index in [-0.39, 0.29) is 5.91 Å². The topological polar surface area (TPSA) is 63.1 Å². The van der Waals surface area contributed by atoms with Crippen molar-refractivity contribution in [2.24, 2.45) is 18.9 Å². The zero-order chi connectivity index (χ0) is 15.1. The standard InChI is InChI=1S/C16H19N5O/c1-20-15(18-10-19-20)13-4-2-3-5-14(13)16(22)21-8-11-6-17-7-12(11)9-21/h2-5,10-12,17H,6-9H2,1H3. The molecule has 2 aliphatic heterocycles. The third-order valence-corrected chi connectivity index (χ3v) is 4.79. The Labute approximate surface area is 129 Å². The zero-order valence-corrected chi connectivity index (χ0v) is 12.6. The number of nitrogens with zero attached hydrogens (tertiary/aromatic N) is 4. The van der Waals surface area contributed by atoms with Crippen molar-refractivity contribution in [2.75, 3.05) is 26.2 Å². The highest BCUT2D eigenvalue weighted by atomic mass is 16.2. The smallest absolute Gasteiger partial charge is 0.254 e. The van der Waals surface area contributed by atoms with Crippen molar-refractivity contribution in [2.45, 2.75) is 0 Å². The van der Waals surface area contributed by atoms with E-state index in [2.05, 4.69) is 15.4 Å². The van der Waals surface area contributed by atoms with Gasteiger partial charge in [-0.3, -0.25) is 4.79 Å². The van der Waals surface area contributed by atoms with Gasteiger partial charge in [0.1, 0.15) is 6.33 Å². The number of nitrogens with one attached hydrogen (secondary N) is 1. The summed E-state index contributed by atoms with van der Waals surface area (Å²) in [4.78, 5) is 19.2. The predicted octanol–water partition coefficient (Wildman–Crippen LogP) is 0.773. The molecule has 1 aromatic heterocycles. The Morgan fingerprint density at radius 2 is 1.95 bits per heavy atom. The molecule has 2 aromatic rings. The molecule has 2 aliphatic rings. The fraction of sp³-hybridized carbons (Fsp3) is 0.438. The van der Waals surface area contributed by atoms with Crippen LogP contribution in [-0.2, 0) is 7.05 Å². The van der Waals surface area contributed by atoms with Gasteiger partial charge >= 0.3 is 0 Å². The number of carbonyl (C=O) groups excluding carboxylic acids is 1. The van der Waals surface area contributed by atoms with E-state index in [1.807, 2.05) is 36.2 Å². The van der Waals surface area contributed by atoms with Crippen molar-refractivity contribution in [3.05, 3.63) is 36.2 Å². The van der Waals surface area contributed by atoms with Crippen LogP contribution in [0.2, 0.25) is 0 Å². The van der Waals surface area contributed by atoms with E-state index < -0.39 is 0 Å². The fourth-order valence-corrected chi connectivity index (χ4v) is 3.60. The third-order valence-electron chi connectivity index (χ3n) is 4.79. The van der Waals surface area contributed by atoms with Crippen LogP contribution in [0.25, 0.3) is 11.4 Å². The minimum Gasteiger partial charge on any atom is -0.338 e. The summed E-state index contributed by atoms with van der Waals surface area (Å²) in [6.07, 6.45) is 1.52. The predicted molar refractivity (Wildman–Crippen MR) is 82.2 cm³/mol. The van der Waals surface area contributed by atoms with Crippen LogP contribution in [-0.4, -0.2) is 51.8 Å². The summed E-state index contributed by atoms with van der Waals surface area (Å²) in [5.41, 5.74) is 1.56. The molecule has 4 rings (SSSR count). The van der Waals surface area contributed by atoms with Crippen LogP contribution < -0.4 is 5.32 Å². The van der Waals surface area contributed by atoms with Crippen molar-refractivity contribution in [3.63, 3.8) is 0 Å². The molecule has 0 saturated carbocycles. The number of likely N-dealkylation sites (tertiary alicyclic amines) is 1. The summed E-state index contributed by atoms with van der Waals surface area (Å²) >= 11 is 0. The average molecular weight is 297 g/mol. The summed E-state index contributed by atoms with van der Waals surface area (Å²) in [5, 5.41) is 7.52. The second-order valence-electron chi connectivity index (χ2n) is 6.14. The molecule has 0 aliphatic carbocycles. The molecule has 2 unspecified atom stereocenters. The molecule has 1 N–H and O–H groups in total. The van der Waals surface area contributed by atoms with Gasteiger partial charge in [-0.05, 0) is 17.9 Å². The maximum Gasteiger partial charge on any atom is 0.254 e. The van der Waals surface area contributed by atoms with Gasteiger partial charge in [0.25, 0.3) is 5.91 Å². The minimum absolute atomic E-state index is 0.105. The van der Waals surface area contributed by atoms with Crippen LogP contribution >= 0.6 is 0 Å². The highest BCUT2D eigenvalue weighted by Crippen LogP contribution is 2.29. The van der Waals surface area contributed by atoms with Crippen molar-refractivity contribution in [3.8, 4) is 11.4 Å². The van der Waals surface area contributed by atoms with E-state index in [0.717, 1.165) is 37.6 Å². The molecule has 2 atom stereocenters. The van der Waals surface area contributed by atoms with Gasteiger partial charge in [0, 0.05) is 38.8 Å². The van der Waals surface area contributed by atoms with Crippen LogP contribution in [0, 0.1) is 11.8 Å². The van der Waals surface area contributed by atoms with Gasteiger partial charge in [0.15, 0.2) is 5.82 Å². The molecule has 22 heavy (non-hydrogen) atoms. The van der Waals surface area contributed by atoms with Gasteiger partial charge in [-0.25, -0.2) is 9.67 Å². The largest absolute Gasteiger partial charge is 0.338 e. The Bertz CT molecular complexity index is 698. The number of hydrogen-bond donors (Lipinski definition) is 1. The molecular weight excluding hydrogens is 278 g/mol. The van der Waals surface area contributed by atoms with Gasteiger partial charge in [0.05, 0.1) is 5.56 Å². The highest BCUT2D eigenvalue weighted by molar-refractivity contribution is 6.00. The zero-order valence-electron chi connectivity index (χ0n) is 12.6. The molecule has 114 valence electrons. The minimum atomic E-state index is 0.105. The molecule has 0 spiro atoms. The number of carbonyl (C=O) groups is 1. The Hall–Kier alpha value is -2.21. The molecular formula is C16H19N5O. The summed E-state index contributed by atoms with van der Waals surface area (Å²) in [5.74, 6) is 2.04. The quantitative estimate of drug-likeness (QED) is 0.889. The number of aryl methyl sites for hydroxylation is 1. The van der Waals surface area contributed by atoms with Gasteiger partial charge in [0.2, 0.25) is 0 Å². The van der Waals surface area contributed by atoms with Crippen LogP contribution in [0.5, 0.6) is 0 Å². The Morgan fingerprint density at radius 1 is 1.23 bits per heavy atom. The van der Waals surface area contributed by atoms with E-state index in [9.17, 15) is 4.79 Å². The van der Waals surface area contributed by atoms with Crippen LogP contribution in [0.4, 0.5) is 0 Å². The van der Waals surface area contributed by atoms with Gasteiger partial charge in [-0.15, -0.1) is 0 Å². The first-order chi connectivity index (χ1) is 10.7. The van der Waals surface area contributed by atoms with Crippen LogP contribution in [0.1, 0.15) is 10.4 Å². The van der Waals surface area contributed by atoms with Crippen molar-refractivity contribution in [1.29, 1.82) is 0 Å². The number of aromatic nitrogens is 3. The number of amides is 1. The van der Waals surface area contributed by atoms with E-state index in [4.69, 9.17) is 0 Å². The molecule has 2 fully saturated rings. The highest BCUT2D eigenvalue weighted by Gasteiger charge is 2.38. The molecule has 0 radical (unpaired) electrons. The van der Waals surface area contributed by atoms with Gasteiger partial charge in [-0.2, -0.15) is 5.10 Å². The van der Waals surface area contributed by atoms with E-state index in [1.54, 1.807) is 4.68 Å². The molecule has 1 amide bonds. The molecule has 6 heteroatoms. The Morgan fingerprint density at radius 3 is 2.64 bits per heavy atom. The first kappa shape index (κ1) is 13.5. The molecule has 6 nitrogen and oxygen atoms in total. The van der Waals surface area contributed by atoms with Crippen molar-refractivity contribution < 1.29 is 4.79 Å². The van der Waals surface area contributed by atoms with Crippen LogP contribution in [0.15, 0.2) is 30.6 Å². The monoisotopic (exact) mass is 297 g/mol. The maximum absolute atomic E-state index is 13.0. The molecule has 3 heterocycles. The number of benzene rings is 1. The Kier molecular flexibility index (Phi) is 3.18. The number of fused-ring (bicyclic) bond motifs is 1. The van der Waals surface area contributed by atoms with Crippen molar-refractivity contribution >= 4 is 5.91 Å². The summed E-state index contributed by atoms with van der Waals surface area (Å²) in [7, 11) is 1.84. The van der Waals surface area contributed by atoms with E-state index >= 15 is 0 Å². The lowest BCUT2D eigenvalue weighted by Crippen LogP contribution is -2.32. The van der Waals surface area contributed by atoms with E-state index in [0.29, 0.717) is 17.4 Å². The number of hydrogen-bond acceptors (Lipinski definition) is 4. The second-order valence-corrected chi connectivity index (χ2v) is 6.14. The first-order valence-electron chi connectivity index (χ1n) is 7.67. The third kappa shape index (κ3) is 2.11. The lowest BCUT2D eigenvalue weighted by atomic mass is 10.0. The first-order valence-corrected chi connectivity index (χ1v) is 7.67. The van der Waals surface area contributed by atoms with E-state index in [1.165, 1.54) is 6.33 Å². The molecule has 0 bridgehead atoms. The number of rotatable bonds is 2. The van der Waals surface area contributed by atoms with Crippen molar-refractivity contribution in [1.82, 2.24) is 25.0 Å². The lowest BCUT2D eigenvalue weighted by molar-refractivity contribution is 0.0782. The fourth-order valence-electron chi connectivity index (χ4n) is 3.60. The maximum atomic E-state index is 13.0. The lowest BCUT2D eigenvalue weighted by Gasteiger charge is -2.19. The molecule has 1 aromatic carbocycles. The second kappa shape index (κ2) is 5.21. The van der Waals surface area contributed by atoms with Gasteiger partial charge in [-0.1, -0.05) is 18.2 Å². The Balaban J connectivity index is 1.66. The normalized spacial score (nSPS) is 23.8. The summed E-state index contributed by atoms with van der Waals surface area (Å²) in [6.45, 7) is 3.76. The SMILES string of the molecule is Cn1ncnc1-c1ccccc1C(=O)N1CC2CNCC2C1. The average Bonchev–Trinajstić information content (AvgIpc) is 3.21. The summed E-state index contributed by atoms with van der Waals surface area (Å²) in [6, 6.07) is 7.67.